The van der Waals surface area contributed by atoms with Crippen LogP contribution in [0.5, 0.6) is 11.5 Å². The van der Waals surface area contributed by atoms with Gasteiger partial charge in [0.25, 0.3) is 0 Å². The van der Waals surface area contributed by atoms with Crippen LogP contribution >= 0.6 is 0 Å². The van der Waals surface area contributed by atoms with E-state index < -0.39 is 21.7 Å². The summed E-state index contributed by atoms with van der Waals surface area (Å²) in [5.74, 6) is -1.25. The Hall–Kier alpha value is -2.77. The van der Waals surface area contributed by atoms with E-state index in [9.17, 15) is 17.2 Å². The first-order valence-corrected chi connectivity index (χ1v) is 10.1. The highest BCUT2D eigenvalue weighted by atomic mass is 32.2. The highest BCUT2D eigenvalue weighted by Crippen LogP contribution is 2.23. The normalized spacial score (nSPS) is 11.4. The Balaban J connectivity index is 1.55. The fourth-order valence-corrected chi connectivity index (χ4v) is 3.56. The lowest BCUT2D eigenvalue weighted by molar-refractivity contribution is 0.461. The molecule has 7 heteroatoms. The lowest BCUT2D eigenvalue weighted by Gasteiger charge is -2.09. The molecular formula is C21H19F2NO3S. The molecule has 3 rings (SSSR count). The first-order chi connectivity index (χ1) is 13.3. The van der Waals surface area contributed by atoms with Crippen LogP contribution in [0.3, 0.4) is 0 Å². The van der Waals surface area contributed by atoms with Gasteiger partial charge in [0.05, 0.1) is 4.90 Å². The van der Waals surface area contributed by atoms with Crippen LogP contribution in [0.1, 0.15) is 11.1 Å². The number of ether oxygens (including phenoxy) is 1. The van der Waals surface area contributed by atoms with E-state index >= 15 is 0 Å². The maximum absolute atomic E-state index is 13.2. The summed E-state index contributed by atoms with van der Waals surface area (Å²) < 4.78 is 58.7. The van der Waals surface area contributed by atoms with Crippen LogP contribution in [0.2, 0.25) is 0 Å². The molecular weight excluding hydrogens is 384 g/mol. The zero-order chi connectivity index (χ0) is 20.1. The number of nitrogens with one attached hydrogen (secondary N) is 1. The zero-order valence-corrected chi connectivity index (χ0v) is 16.0. The molecule has 0 unspecified atom stereocenters. The molecule has 0 radical (unpaired) electrons. The van der Waals surface area contributed by atoms with E-state index in [0.717, 1.165) is 23.3 Å². The number of hydrogen-bond acceptors (Lipinski definition) is 3. The molecule has 4 nitrogen and oxygen atoms in total. The fourth-order valence-electron chi connectivity index (χ4n) is 2.53. The Morgan fingerprint density at radius 2 is 1.50 bits per heavy atom. The van der Waals surface area contributed by atoms with Gasteiger partial charge in [-0.25, -0.2) is 21.9 Å². The van der Waals surface area contributed by atoms with E-state index in [1.165, 1.54) is 6.07 Å². The predicted octanol–water partition coefficient (Wildman–Crippen LogP) is 4.59. The third kappa shape index (κ3) is 5.15. The lowest BCUT2D eigenvalue weighted by atomic mass is 10.1. The number of aryl methyl sites for hydroxylation is 1. The number of hydrogen-bond donors (Lipinski definition) is 1. The molecule has 3 aromatic rings. The van der Waals surface area contributed by atoms with Gasteiger partial charge in [-0.2, -0.15) is 0 Å². The van der Waals surface area contributed by atoms with Crippen molar-refractivity contribution in [1.82, 2.24) is 4.72 Å². The van der Waals surface area contributed by atoms with Crippen molar-refractivity contribution < 1.29 is 21.9 Å². The molecule has 0 atom stereocenters. The summed E-state index contributed by atoms with van der Waals surface area (Å²) in [5.41, 5.74) is 1.90. The van der Waals surface area contributed by atoms with Crippen molar-refractivity contribution in [2.45, 2.75) is 18.2 Å². The maximum atomic E-state index is 13.2. The van der Waals surface area contributed by atoms with Gasteiger partial charge in [0, 0.05) is 12.6 Å². The molecule has 0 bridgehead atoms. The zero-order valence-electron chi connectivity index (χ0n) is 15.2. The first kappa shape index (κ1) is 20.0. The molecule has 0 spiro atoms. The SMILES string of the molecule is Cc1ccc(S(=O)(=O)NCCc2ccc(Oc3ccc(F)c(F)c3)cc2)cc1. The molecule has 0 amide bonds. The average Bonchev–Trinajstić information content (AvgIpc) is 2.66. The van der Waals surface area contributed by atoms with E-state index in [-0.39, 0.29) is 17.2 Å². The van der Waals surface area contributed by atoms with Gasteiger partial charge in [0.2, 0.25) is 10.0 Å². The predicted molar refractivity (Wildman–Crippen MR) is 103 cm³/mol. The molecule has 0 heterocycles. The van der Waals surface area contributed by atoms with Crippen LogP contribution in [0, 0.1) is 18.6 Å². The van der Waals surface area contributed by atoms with Gasteiger partial charge in [0.15, 0.2) is 11.6 Å². The van der Waals surface area contributed by atoms with Crippen LogP contribution in [0.4, 0.5) is 8.78 Å². The lowest BCUT2D eigenvalue weighted by Crippen LogP contribution is -2.25. The summed E-state index contributed by atoms with van der Waals surface area (Å²) >= 11 is 0. The van der Waals surface area contributed by atoms with Gasteiger partial charge >= 0.3 is 0 Å². The van der Waals surface area contributed by atoms with E-state index in [1.807, 2.05) is 6.92 Å². The molecule has 0 aromatic heterocycles. The van der Waals surface area contributed by atoms with Crippen molar-refractivity contribution in [3.8, 4) is 11.5 Å². The molecule has 0 aliphatic heterocycles. The number of rotatable bonds is 7. The standard InChI is InChI=1S/C21H19F2NO3S/c1-15-2-9-19(10-3-15)28(25,26)24-13-12-16-4-6-17(7-5-16)27-18-8-11-20(22)21(23)14-18/h2-11,14,24H,12-13H2,1H3. The molecule has 0 saturated heterocycles. The highest BCUT2D eigenvalue weighted by molar-refractivity contribution is 7.89. The van der Waals surface area contributed by atoms with Crippen molar-refractivity contribution in [3.05, 3.63) is 89.5 Å². The van der Waals surface area contributed by atoms with E-state index in [4.69, 9.17) is 4.74 Å². The van der Waals surface area contributed by atoms with Crippen molar-refractivity contribution in [2.24, 2.45) is 0 Å². The van der Waals surface area contributed by atoms with Gasteiger partial charge in [0.1, 0.15) is 11.5 Å². The number of halogens is 2. The topological polar surface area (TPSA) is 55.4 Å². The average molecular weight is 403 g/mol. The Labute approximate surface area is 162 Å². The fraction of sp³-hybridized carbons (Fsp3) is 0.143. The van der Waals surface area contributed by atoms with Crippen LogP contribution in [0.25, 0.3) is 0 Å². The summed E-state index contributed by atoms with van der Waals surface area (Å²) in [6, 6.07) is 16.9. The van der Waals surface area contributed by atoms with Crippen molar-refractivity contribution in [3.63, 3.8) is 0 Å². The molecule has 146 valence electrons. The van der Waals surface area contributed by atoms with E-state index in [2.05, 4.69) is 4.72 Å². The summed E-state index contributed by atoms with van der Waals surface area (Å²) in [6.07, 6.45) is 0.497. The van der Waals surface area contributed by atoms with E-state index in [0.29, 0.717) is 12.2 Å². The van der Waals surface area contributed by atoms with Crippen LogP contribution in [-0.4, -0.2) is 15.0 Å². The summed E-state index contributed by atoms with van der Waals surface area (Å²) in [6.45, 7) is 2.14. The van der Waals surface area contributed by atoms with Gasteiger partial charge in [-0.1, -0.05) is 29.8 Å². The molecule has 28 heavy (non-hydrogen) atoms. The first-order valence-electron chi connectivity index (χ1n) is 8.62. The van der Waals surface area contributed by atoms with Crippen molar-refractivity contribution in [1.29, 1.82) is 0 Å². The minimum atomic E-state index is -3.54. The monoisotopic (exact) mass is 403 g/mol. The van der Waals surface area contributed by atoms with Crippen LogP contribution < -0.4 is 9.46 Å². The van der Waals surface area contributed by atoms with Crippen LogP contribution in [0.15, 0.2) is 71.6 Å². The molecule has 0 saturated carbocycles. The highest BCUT2D eigenvalue weighted by Gasteiger charge is 2.12. The number of sulfonamides is 1. The summed E-state index contributed by atoms with van der Waals surface area (Å²) in [5, 5.41) is 0. The third-order valence-electron chi connectivity index (χ3n) is 4.09. The maximum Gasteiger partial charge on any atom is 0.240 e. The van der Waals surface area contributed by atoms with Crippen molar-refractivity contribution >= 4 is 10.0 Å². The number of benzene rings is 3. The smallest absolute Gasteiger partial charge is 0.240 e. The Morgan fingerprint density at radius 1 is 0.857 bits per heavy atom. The summed E-state index contributed by atoms with van der Waals surface area (Å²) in [4.78, 5) is 0.230. The van der Waals surface area contributed by atoms with Crippen molar-refractivity contribution in [2.75, 3.05) is 6.54 Å². The van der Waals surface area contributed by atoms with Gasteiger partial charge in [-0.3, -0.25) is 0 Å². The van der Waals surface area contributed by atoms with Gasteiger partial charge in [-0.15, -0.1) is 0 Å². The molecule has 0 aliphatic rings. The van der Waals surface area contributed by atoms with E-state index in [1.54, 1.807) is 48.5 Å². The second-order valence-electron chi connectivity index (χ2n) is 6.28. The van der Waals surface area contributed by atoms with Crippen LogP contribution in [-0.2, 0) is 16.4 Å². The second kappa shape index (κ2) is 8.50. The molecule has 1 N–H and O–H groups in total. The molecule has 3 aromatic carbocycles. The molecule has 0 fully saturated rings. The molecule has 0 aliphatic carbocycles. The van der Waals surface area contributed by atoms with Gasteiger partial charge in [-0.05, 0) is 55.3 Å². The largest absolute Gasteiger partial charge is 0.457 e. The van der Waals surface area contributed by atoms with Gasteiger partial charge < -0.3 is 4.74 Å². The Bertz CT molecular complexity index is 1050. The Morgan fingerprint density at radius 3 is 2.14 bits per heavy atom. The quantitative estimate of drug-likeness (QED) is 0.628. The third-order valence-corrected chi connectivity index (χ3v) is 5.56. The minimum absolute atomic E-state index is 0.192. The summed E-state index contributed by atoms with van der Waals surface area (Å²) in [7, 11) is -3.54. The minimum Gasteiger partial charge on any atom is -0.457 e. The Kier molecular flexibility index (Phi) is 6.06. The second-order valence-corrected chi connectivity index (χ2v) is 8.05.